The maximum atomic E-state index is 13.5. The highest BCUT2D eigenvalue weighted by atomic mass is 32.2. The summed E-state index contributed by atoms with van der Waals surface area (Å²) < 4.78 is 13.5. The molecule has 3 aromatic rings. The summed E-state index contributed by atoms with van der Waals surface area (Å²) in [6, 6.07) is 23.1. The van der Waals surface area contributed by atoms with E-state index < -0.39 is 0 Å². The summed E-state index contributed by atoms with van der Waals surface area (Å²) in [5.74, 6) is -0.539. The number of hydrogen-bond acceptors (Lipinski definition) is 3. The summed E-state index contributed by atoms with van der Waals surface area (Å²) in [5.41, 5.74) is 3.66. The molecule has 0 radical (unpaired) electrons. The zero-order chi connectivity index (χ0) is 22.5. The minimum Gasteiger partial charge on any atom is -0.268 e. The third-order valence-electron chi connectivity index (χ3n) is 5.41. The van der Waals surface area contributed by atoms with Crippen LogP contribution in [0.2, 0.25) is 0 Å². The first-order chi connectivity index (χ1) is 15.6. The quantitative estimate of drug-likeness (QED) is 0.377. The molecule has 0 saturated heterocycles. The van der Waals surface area contributed by atoms with Gasteiger partial charge in [-0.25, -0.2) is 9.29 Å². The molecule has 3 nitrogen and oxygen atoms in total. The van der Waals surface area contributed by atoms with Crippen molar-refractivity contribution in [3.05, 3.63) is 106 Å². The van der Waals surface area contributed by atoms with E-state index >= 15 is 0 Å². The number of carbonyl (C=O) groups excluding carboxylic acids is 2. The average Bonchev–Trinajstić information content (AvgIpc) is 3.07. The highest BCUT2D eigenvalue weighted by Crippen LogP contribution is 2.39. The zero-order valence-corrected chi connectivity index (χ0v) is 18.7. The average molecular weight is 446 g/mol. The molecule has 0 atom stereocenters. The topological polar surface area (TPSA) is 37.4 Å². The van der Waals surface area contributed by atoms with Crippen molar-refractivity contribution in [1.29, 1.82) is 0 Å². The number of rotatable bonds is 8. The maximum Gasteiger partial charge on any atom is 0.272 e. The van der Waals surface area contributed by atoms with Crippen molar-refractivity contribution in [1.82, 2.24) is 0 Å². The number of carbonyl (C=O) groups is 2. The van der Waals surface area contributed by atoms with E-state index in [1.807, 2.05) is 54.6 Å². The van der Waals surface area contributed by atoms with Crippen molar-refractivity contribution in [2.45, 2.75) is 31.9 Å². The third kappa shape index (κ3) is 4.68. The predicted octanol–water partition coefficient (Wildman–Crippen LogP) is 6.39. The Kier molecular flexibility index (Phi) is 6.86. The number of benzene rings is 3. The van der Waals surface area contributed by atoms with Gasteiger partial charge in [-0.15, -0.1) is 11.8 Å². The lowest BCUT2D eigenvalue weighted by Gasteiger charge is -2.16. The second-order valence-electron chi connectivity index (χ2n) is 7.70. The number of thioether (sulfide) groups is 1. The van der Waals surface area contributed by atoms with E-state index in [1.54, 1.807) is 12.1 Å². The molecule has 162 valence electrons. The van der Waals surface area contributed by atoms with E-state index in [9.17, 15) is 14.0 Å². The highest BCUT2D eigenvalue weighted by molar-refractivity contribution is 8.03. The summed E-state index contributed by atoms with van der Waals surface area (Å²) in [7, 11) is 0. The standard InChI is InChI=1S/C27H24FNO2S/c1-2-3-7-19-10-16-23(17-11-19)29-26(30)24(21-12-14-22(28)15-13-21)25(27(29)31)32-18-20-8-5-4-6-9-20/h4-6,8-17H,2-3,7,18H2,1H3. The normalized spacial score (nSPS) is 13.9. The number of anilines is 1. The second-order valence-corrected chi connectivity index (χ2v) is 8.69. The van der Waals surface area contributed by atoms with Crippen LogP contribution < -0.4 is 4.90 Å². The van der Waals surface area contributed by atoms with Gasteiger partial charge in [-0.3, -0.25) is 9.59 Å². The minimum absolute atomic E-state index is 0.325. The lowest BCUT2D eigenvalue weighted by molar-refractivity contribution is -0.119. The molecule has 2 amide bonds. The summed E-state index contributed by atoms with van der Waals surface area (Å²) in [6.45, 7) is 2.15. The van der Waals surface area contributed by atoms with Gasteiger partial charge < -0.3 is 0 Å². The molecule has 0 aromatic heterocycles. The fraction of sp³-hybridized carbons (Fsp3) is 0.185. The van der Waals surface area contributed by atoms with Crippen molar-refractivity contribution in [3.63, 3.8) is 0 Å². The van der Waals surface area contributed by atoms with Gasteiger partial charge in [0.1, 0.15) is 5.82 Å². The Hall–Kier alpha value is -3.18. The molecule has 3 aromatic carbocycles. The molecular weight excluding hydrogens is 421 g/mol. The van der Waals surface area contributed by atoms with Gasteiger partial charge in [0.2, 0.25) is 0 Å². The fourth-order valence-corrected chi connectivity index (χ4v) is 4.74. The third-order valence-corrected chi connectivity index (χ3v) is 6.56. The van der Waals surface area contributed by atoms with Crippen LogP contribution in [-0.4, -0.2) is 11.8 Å². The van der Waals surface area contributed by atoms with Crippen molar-refractivity contribution in [3.8, 4) is 0 Å². The SMILES string of the molecule is CCCCc1ccc(N2C(=O)C(SCc3ccccc3)=C(c3ccc(F)cc3)C2=O)cc1. The molecule has 0 saturated carbocycles. The number of nitrogens with zero attached hydrogens (tertiary/aromatic N) is 1. The van der Waals surface area contributed by atoms with E-state index in [-0.39, 0.29) is 17.6 Å². The van der Waals surface area contributed by atoms with Crippen LogP contribution in [0, 0.1) is 5.82 Å². The van der Waals surface area contributed by atoms with Crippen LogP contribution in [0.5, 0.6) is 0 Å². The number of unbranched alkanes of at least 4 members (excludes halogenated alkanes) is 1. The predicted molar refractivity (Wildman–Crippen MR) is 129 cm³/mol. The van der Waals surface area contributed by atoms with Gasteiger partial charge in [-0.2, -0.15) is 0 Å². The molecule has 0 aliphatic carbocycles. The summed E-state index contributed by atoms with van der Waals surface area (Å²) in [6.07, 6.45) is 3.17. The molecule has 0 fully saturated rings. The number of amides is 2. The van der Waals surface area contributed by atoms with Gasteiger partial charge >= 0.3 is 0 Å². The van der Waals surface area contributed by atoms with Crippen LogP contribution >= 0.6 is 11.8 Å². The van der Waals surface area contributed by atoms with Gasteiger partial charge in [0.15, 0.2) is 0 Å². The summed E-state index contributed by atoms with van der Waals surface area (Å²) in [4.78, 5) is 28.4. The molecule has 0 bridgehead atoms. The van der Waals surface area contributed by atoms with Gasteiger partial charge in [0.25, 0.3) is 11.8 Å². The van der Waals surface area contributed by atoms with Gasteiger partial charge in [-0.05, 0) is 53.8 Å². The Morgan fingerprint density at radius 2 is 1.50 bits per heavy atom. The van der Waals surface area contributed by atoms with Crippen LogP contribution in [0.3, 0.4) is 0 Å². The van der Waals surface area contributed by atoms with Crippen LogP contribution in [0.4, 0.5) is 10.1 Å². The molecular formula is C27H24FNO2S. The molecule has 32 heavy (non-hydrogen) atoms. The van der Waals surface area contributed by atoms with Crippen molar-refractivity contribution in [2.75, 3.05) is 4.90 Å². The lowest BCUT2D eigenvalue weighted by Crippen LogP contribution is -2.31. The second kappa shape index (κ2) is 9.96. The van der Waals surface area contributed by atoms with E-state index in [0.717, 1.165) is 24.8 Å². The number of halogens is 1. The van der Waals surface area contributed by atoms with Crippen LogP contribution in [0.15, 0.2) is 83.8 Å². The van der Waals surface area contributed by atoms with Crippen LogP contribution in [0.25, 0.3) is 5.57 Å². The van der Waals surface area contributed by atoms with Gasteiger partial charge in [0.05, 0.1) is 16.2 Å². The Balaban J connectivity index is 1.66. The molecule has 0 N–H and O–H groups in total. The molecule has 1 aliphatic heterocycles. The van der Waals surface area contributed by atoms with Crippen molar-refractivity contribution in [2.24, 2.45) is 0 Å². The number of hydrogen-bond donors (Lipinski definition) is 0. The van der Waals surface area contributed by atoms with Gasteiger partial charge in [-0.1, -0.05) is 67.9 Å². The molecule has 4 rings (SSSR count). The summed E-state index contributed by atoms with van der Waals surface area (Å²) in [5, 5.41) is 0. The molecule has 0 unspecified atom stereocenters. The maximum absolute atomic E-state index is 13.5. The van der Waals surface area contributed by atoms with E-state index in [0.29, 0.717) is 27.5 Å². The van der Waals surface area contributed by atoms with Crippen LogP contribution in [0.1, 0.15) is 36.5 Å². The molecule has 5 heteroatoms. The highest BCUT2D eigenvalue weighted by Gasteiger charge is 2.40. The Morgan fingerprint density at radius 1 is 0.812 bits per heavy atom. The van der Waals surface area contributed by atoms with E-state index in [4.69, 9.17) is 0 Å². The van der Waals surface area contributed by atoms with Crippen LogP contribution in [-0.2, 0) is 21.8 Å². The fourth-order valence-electron chi connectivity index (χ4n) is 3.67. The first kappa shape index (κ1) is 22.0. The molecule has 1 aliphatic rings. The smallest absolute Gasteiger partial charge is 0.268 e. The number of aryl methyl sites for hydroxylation is 1. The monoisotopic (exact) mass is 445 g/mol. The Morgan fingerprint density at radius 3 is 2.16 bits per heavy atom. The van der Waals surface area contributed by atoms with Gasteiger partial charge in [0, 0.05) is 5.75 Å². The van der Waals surface area contributed by atoms with Crippen molar-refractivity contribution >= 4 is 34.8 Å². The molecule has 0 spiro atoms. The minimum atomic E-state index is -0.385. The van der Waals surface area contributed by atoms with Crippen molar-refractivity contribution < 1.29 is 14.0 Å². The van der Waals surface area contributed by atoms with E-state index in [2.05, 4.69) is 6.92 Å². The Labute approximate surface area is 192 Å². The first-order valence-corrected chi connectivity index (χ1v) is 11.7. The first-order valence-electron chi connectivity index (χ1n) is 10.7. The lowest BCUT2D eigenvalue weighted by atomic mass is 10.1. The Bertz CT molecular complexity index is 1140. The zero-order valence-electron chi connectivity index (χ0n) is 17.9. The largest absolute Gasteiger partial charge is 0.272 e. The molecule has 1 heterocycles. The summed E-state index contributed by atoms with van der Waals surface area (Å²) >= 11 is 1.34. The number of imide groups is 1. The van der Waals surface area contributed by atoms with E-state index in [1.165, 1.54) is 34.4 Å².